The fourth-order valence-corrected chi connectivity index (χ4v) is 4.57. The number of benzene rings is 1. The topological polar surface area (TPSA) is 66.8 Å². The number of nitrogens with one attached hydrogen (secondary N) is 1. The van der Waals surface area contributed by atoms with E-state index in [1.165, 1.54) is 12.8 Å². The first-order valence-corrected chi connectivity index (χ1v) is 10.2. The number of para-hydroxylation sites is 1. The number of thioether (sulfide) groups is 1. The average molecular weight is 369 g/mol. The van der Waals surface area contributed by atoms with Crippen LogP contribution in [0.1, 0.15) is 26.2 Å². The van der Waals surface area contributed by atoms with Gasteiger partial charge in [-0.15, -0.1) is 0 Å². The average Bonchev–Trinajstić information content (AvgIpc) is 2.95. The van der Waals surface area contributed by atoms with Crippen molar-refractivity contribution in [2.75, 3.05) is 23.7 Å². The Balaban J connectivity index is 1.75. The lowest BCUT2D eigenvalue weighted by Crippen LogP contribution is -2.32. The Morgan fingerprint density at radius 1 is 1.27 bits per heavy atom. The SMILES string of the molecule is CCSC1CCCCN(c2nc3c(cnn3-c3ccccc3)c(=O)[nH]2)C1. The van der Waals surface area contributed by atoms with Crippen molar-refractivity contribution in [2.24, 2.45) is 0 Å². The lowest BCUT2D eigenvalue weighted by atomic mass is 10.2. The minimum Gasteiger partial charge on any atom is -0.341 e. The number of rotatable bonds is 4. The Morgan fingerprint density at radius 3 is 2.92 bits per heavy atom. The van der Waals surface area contributed by atoms with Gasteiger partial charge in [-0.25, -0.2) is 4.68 Å². The van der Waals surface area contributed by atoms with Crippen LogP contribution in [0.4, 0.5) is 5.95 Å². The second-order valence-corrected chi connectivity index (χ2v) is 8.12. The van der Waals surface area contributed by atoms with Gasteiger partial charge in [-0.1, -0.05) is 31.5 Å². The first kappa shape index (κ1) is 17.1. The molecule has 6 nitrogen and oxygen atoms in total. The summed E-state index contributed by atoms with van der Waals surface area (Å²) in [4.78, 5) is 22.6. The van der Waals surface area contributed by atoms with Crippen LogP contribution < -0.4 is 10.5 Å². The minimum atomic E-state index is -0.129. The van der Waals surface area contributed by atoms with Gasteiger partial charge in [-0.3, -0.25) is 9.78 Å². The van der Waals surface area contributed by atoms with E-state index in [2.05, 4.69) is 21.9 Å². The lowest BCUT2D eigenvalue weighted by Gasteiger charge is -2.24. The summed E-state index contributed by atoms with van der Waals surface area (Å²) in [6.07, 6.45) is 5.17. The molecule has 0 saturated carbocycles. The molecule has 4 rings (SSSR count). The highest BCUT2D eigenvalue weighted by Crippen LogP contribution is 2.24. The van der Waals surface area contributed by atoms with Crippen molar-refractivity contribution < 1.29 is 0 Å². The van der Waals surface area contributed by atoms with E-state index in [4.69, 9.17) is 4.98 Å². The number of aromatic amines is 1. The first-order chi connectivity index (χ1) is 12.8. The quantitative estimate of drug-likeness (QED) is 0.765. The van der Waals surface area contributed by atoms with Gasteiger partial charge in [-0.2, -0.15) is 21.8 Å². The van der Waals surface area contributed by atoms with Crippen molar-refractivity contribution >= 4 is 28.7 Å². The molecule has 1 aromatic carbocycles. The van der Waals surface area contributed by atoms with E-state index < -0.39 is 0 Å². The van der Waals surface area contributed by atoms with Gasteiger partial charge in [-0.05, 0) is 30.7 Å². The fraction of sp³-hybridized carbons (Fsp3) is 0.421. The fourth-order valence-electron chi connectivity index (χ4n) is 3.48. The van der Waals surface area contributed by atoms with E-state index in [0.717, 1.165) is 31.0 Å². The first-order valence-electron chi connectivity index (χ1n) is 9.16. The van der Waals surface area contributed by atoms with Gasteiger partial charge in [0.05, 0.1) is 11.9 Å². The molecule has 3 heterocycles. The summed E-state index contributed by atoms with van der Waals surface area (Å²) >= 11 is 1.99. The standard InChI is InChI=1S/C19H23N5OS/c1-2-26-15-10-6-7-11-23(13-15)19-21-17-16(18(25)22-19)12-20-24(17)14-8-4-3-5-9-14/h3-5,8-9,12,15H,2,6-7,10-11,13H2,1H3,(H,21,22,25). The molecule has 3 aromatic rings. The summed E-state index contributed by atoms with van der Waals surface area (Å²) in [6, 6.07) is 9.81. The molecule has 1 N–H and O–H groups in total. The van der Waals surface area contributed by atoms with E-state index >= 15 is 0 Å². The monoisotopic (exact) mass is 369 g/mol. The van der Waals surface area contributed by atoms with Crippen molar-refractivity contribution in [1.82, 2.24) is 19.7 Å². The zero-order valence-electron chi connectivity index (χ0n) is 14.9. The number of hydrogen-bond donors (Lipinski definition) is 1. The molecule has 136 valence electrons. The smallest absolute Gasteiger partial charge is 0.263 e. The second-order valence-electron chi connectivity index (χ2n) is 6.54. The Labute approximate surface area is 156 Å². The number of fused-ring (bicyclic) bond motifs is 1. The van der Waals surface area contributed by atoms with E-state index in [9.17, 15) is 4.79 Å². The molecule has 0 aliphatic carbocycles. The van der Waals surface area contributed by atoms with Gasteiger partial charge in [0.25, 0.3) is 5.56 Å². The molecule has 0 spiro atoms. The van der Waals surface area contributed by atoms with E-state index in [-0.39, 0.29) is 5.56 Å². The summed E-state index contributed by atoms with van der Waals surface area (Å²) in [5.41, 5.74) is 1.39. The summed E-state index contributed by atoms with van der Waals surface area (Å²) in [5.74, 6) is 1.77. The Morgan fingerprint density at radius 2 is 2.12 bits per heavy atom. The second kappa shape index (κ2) is 7.53. The Bertz CT molecular complexity index is 936. The maximum atomic E-state index is 12.6. The van der Waals surface area contributed by atoms with Crippen LogP contribution in [0, 0.1) is 0 Å². The molecule has 26 heavy (non-hydrogen) atoms. The summed E-state index contributed by atoms with van der Waals surface area (Å²) < 4.78 is 1.74. The van der Waals surface area contributed by atoms with E-state index in [1.54, 1.807) is 10.9 Å². The molecule has 7 heteroatoms. The van der Waals surface area contributed by atoms with Crippen LogP contribution in [0.5, 0.6) is 0 Å². The highest BCUT2D eigenvalue weighted by atomic mass is 32.2. The van der Waals surface area contributed by atoms with Gasteiger partial charge in [0.15, 0.2) is 5.65 Å². The third-order valence-corrected chi connectivity index (χ3v) is 5.95. The zero-order valence-corrected chi connectivity index (χ0v) is 15.7. The van der Waals surface area contributed by atoms with Crippen LogP contribution in [0.2, 0.25) is 0 Å². The van der Waals surface area contributed by atoms with Crippen LogP contribution in [0.25, 0.3) is 16.7 Å². The normalized spacial score (nSPS) is 18.2. The molecule has 0 radical (unpaired) electrons. The highest BCUT2D eigenvalue weighted by molar-refractivity contribution is 7.99. The molecule has 2 aromatic heterocycles. The third kappa shape index (κ3) is 3.35. The van der Waals surface area contributed by atoms with Crippen LogP contribution >= 0.6 is 11.8 Å². The molecule has 1 aliphatic rings. The molecule has 0 bridgehead atoms. The minimum absolute atomic E-state index is 0.129. The van der Waals surface area contributed by atoms with Crippen molar-refractivity contribution in [3.8, 4) is 5.69 Å². The molecule has 0 amide bonds. The molecule has 1 saturated heterocycles. The largest absolute Gasteiger partial charge is 0.341 e. The van der Waals surface area contributed by atoms with Crippen molar-refractivity contribution in [1.29, 1.82) is 0 Å². The van der Waals surface area contributed by atoms with E-state index in [1.807, 2.05) is 42.1 Å². The lowest BCUT2D eigenvalue weighted by molar-refractivity contribution is 0.735. The Kier molecular flexibility index (Phi) is 4.97. The number of hydrogen-bond acceptors (Lipinski definition) is 5. The van der Waals surface area contributed by atoms with Crippen molar-refractivity contribution in [2.45, 2.75) is 31.4 Å². The summed E-state index contributed by atoms with van der Waals surface area (Å²) in [6.45, 7) is 4.05. The van der Waals surface area contributed by atoms with Crippen molar-refractivity contribution in [3.63, 3.8) is 0 Å². The number of nitrogens with zero attached hydrogens (tertiary/aromatic N) is 4. The Hall–Kier alpha value is -2.28. The van der Waals surface area contributed by atoms with Crippen LogP contribution in [-0.2, 0) is 0 Å². The molecular weight excluding hydrogens is 346 g/mol. The third-order valence-electron chi connectivity index (χ3n) is 4.76. The number of H-pyrrole nitrogens is 1. The highest BCUT2D eigenvalue weighted by Gasteiger charge is 2.21. The zero-order chi connectivity index (χ0) is 17.9. The van der Waals surface area contributed by atoms with Gasteiger partial charge < -0.3 is 4.90 Å². The van der Waals surface area contributed by atoms with Crippen LogP contribution in [0.3, 0.4) is 0 Å². The van der Waals surface area contributed by atoms with Gasteiger partial charge >= 0.3 is 0 Å². The molecule has 1 atom stereocenters. The molecule has 1 aliphatic heterocycles. The molecular formula is C19H23N5OS. The van der Waals surface area contributed by atoms with Crippen LogP contribution in [0.15, 0.2) is 41.3 Å². The van der Waals surface area contributed by atoms with E-state index in [0.29, 0.717) is 22.2 Å². The molecule has 1 unspecified atom stereocenters. The maximum absolute atomic E-state index is 12.6. The van der Waals surface area contributed by atoms with Gasteiger partial charge in [0, 0.05) is 18.3 Å². The van der Waals surface area contributed by atoms with Crippen LogP contribution in [-0.4, -0.2) is 43.8 Å². The predicted molar refractivity (Wildman–Crippen MR) is 107 cm³/mol. The summed E-state index contributed by atoms with van der Waals surface area (Å²) in [5, 5.41) is 5.49. The van der Waals surface area contributed by atoms with Crippen molar-refractivity contribution in [3.05, 3.63) is 46.9 Å². The predicted octanol–water partition coefficient (Wildman–Crippen LogP) is 3.22. The number of anilines is 1. The maximum Gasteiger partial charge on any atom is 0.263 e. The van der Waals surface area contributed by atoms with Gasteiger partial charge in [0.1, 0.15) is 5.39 Å². The summed E-state index contributed by atoms with van der Waals surface area (Å²) in [7, 11) is 0. The number of aromatic nitrogens is 4. The molecule has 1 fully saturated rings. The van der Waals surface area contributed by atoms with Gasteiger partial charge in [0.2, 0.25) is 5.95 Å².